The summed E-state index contributed by atoms with van der Waals surface area (Å²) in [4.78, 5) is 7.32. The molecule has 30 heavy (non-hydrogen) atoms. The van der Waals surface area contributed by atoms with Crippen LogP contribution in [0.15, 0.2) is 29.3 Å². The summed E-state index contributed by atoms with van der Waals surface area (Å²) < 4.78 is 24.3. The van der Waals surface area contributed by atoms with E-state index in [1.165, 1.54) is 31.4 Å². The van der Waals surface area contributed by atoms with E-state index in [0.717, 1.165) is 63.9 Å². The molecule has 1 saturated heterocycles. The Morgan fingerprint density at radius 2 is 1.97 bits per heavy atom. The van der Waals surface area contributed by atoms with E-state index in [9.17, 15) is 4.39 Å². The molecule has 1 aliphatic heterocycles. The molecule has 0 amide bonds. The molecule has 6 nitrogen and oxygen atoms in total. The molecule has 168 valence electrons. The van der Waals surface area contributed by atoms with Crippen LogP contribution in [0.2, 0.25) is 0 Å². The Morgan fingerprint density at radius 1 is 1.23 bits per heavy atom. The first-order valence-corrected chi connectivity index (χ1v) is 11.2. The lowest BCUT2D eigenvalue weighted by atomic mass is 9.67. The Balaban J connectivity index is 1.66. The molecule has 0 aromatic heterocycles. The Morgan fingerprint density at radius 3 is 2.57 bits per heavy atom. The first kappa shape index (κ1) is 23.0. The summed E-state index contributed by atoms with van der Waals surface area (Å²) in [6.45, 7) is 8.43. The van der Waals surface area contributed by atoms with Gasteiger partial charge in [-0.15, -0.1) is 0 Å². The molecule has 1 atom stereocenters. The van der Waals surface area contributed by atoms with Crippen LogP contribution in [0.5, 0.6) is 0 Å². The van der Waals surface area contributed by atoms with E-state index >= 15 is 0 Å². The summed E-state index contributed by atoms with van der Waals surface area (Å²) in [5.41, 5.74) is 1.40. The SMILES string of the molecule is CCNC(=NCC1(CCOC)CCC1)NCC(c1ccc(F)cc1)N1CCOCC1. The third-order valence-electron chi connectivity index (χ3n) is 6.37. The van der Waals surface area contributed by atoms with Crippen molar-refractivity contribution in [2.24, 2.45) is 10.4 Å². The molecule has 1 aliphatic carbocycles. The van der Waals surface area contributed by atoms with Gasteiger partial charge in [0.15, 0.2) is 5.96 Å². The average molecular weight is 421 g/mol. The molecule has 1 aromatic carbocycles. The minimum Gasteiger partial charge on any atom is -0.385 e. The second-order valence-corrected chi connectivity index (χ2v) is 8.39. The van der Waals surface area contributed by atoms with Crippen LogP contribution in [0.4, 0.5) is 4.39 Å². The number of rotatable bonds is 10. The number of hydrogen-bond donors (Lipinski definition) is 2. The van der Waals surface area contributed by atoms with E-state index in [1.54, 1.807) is 7.11 Å². The first-order valence-electron chi connectivity index (χ1n) is 11.2. The average Bonchev–Trinajstić information content (AvgIpc) is 2.74. The normalized spacial score (nSPS) is 20.4. The predicted molar refractivity (Wildman–Crippen MR) is 118 cm³/mol. The number of morpholine rings is 1. The Hall–Kier alpha value is -1.70. The number of nitrogens with one attached hydrogen (secondary N) is 2. The van der Waals surface area contributed by atoms with Crippen molar-refractivity contribution in [2.75, 3.05) is 59.7 Å². The van der Waals surface area contributed by atoms with Crippen LogP contribution in [-0.2, 0) is 9.47 Å². The zero-order chi connectivity index (χ0) is 21.2. The molecule has 2 fully saturated rings. The van der Waals surface area contributed by atoms with E-state index in [2.05, 4.69) is 22.5 Å². The lowest BCUT2D eigenvalue weighted by Crippen LogP contribution is -2.46. The molecule has 2 aliphatic rings. The van der Waals surface area contributed by atoms with Gasteiger partial charge in [-0.1, -0.05) is 18.6 Å². The smallest absolute Gasteiger partial charge is 0.191 e. The summed E-state index contributed by atoms with van der Waals surface area (Å²) >= 11 is 0. The summed E-state index contributed by atoms with van der Waals surface area (Å²) in [7, 11) is 1.77. The molecule has 0 radical (unpaired) electrons. The van der Waals surface area contributed by atoms with Crippen molar-refractivity contribution in [2.45, 2.75) is 38.6 Å². The highest BCUT2D eigenvalue weighted by Gasteiger charge is 2.36. The first-order chi connectivity index (χ1) is 14.7. The van der Waals surface area contributed by atoms with Crippen molar-refractivity contribution in [3.05, 3.63) is 35.6 Å². The zero-order valence-corrected chi connectivity index (χ0v) is 18.5. The van der Waals surface area contributed by atoms with E-state index < -0.39 is 0 Å². The largest absolute Gasteiger partial charge is 0.385 e. The number of halogens is 1. The van der Waals surface area contributed by atoms with Gasteiger partial charge in [0.1, 0.15) is 5.82 Å². The highest BCUT2D eigenvalue weighted by Crippen LogP contribution is 2.44. The standard InChI is InChI=1S/C23H37FN4O2/c1-3-25-22(27-18-23(9-4-10-23)11-14-29-2)26-17-21(28-12-15-30-16-13-28)19-5-7-20(24)8-6-19/h5-8,21H,3-4,9-18H2,1-2H3,(H2,25,26,27). The number of aliphatic imine (C=N–C) groups is 1. The Bertz CT molecular complexity index is 658. The fraction of sp³-hybridized carbons (Fsp3) is 0.696. The quantitative estimate of drug-likeness (QED) is 0.450. The Kier molecular flexibility index (Phi) is 8.90. The number of methoxy groups -OCH3 is 1. The van der Waals surface area contributed by atoms with Crippen LogP contribution in [0.25, 0.3) is 0 Å². The second-order valence-electron chi connectivity index (χ2n) is 8.39. The molecular formula is C23H37FN4O2. The summed E-state index contributed by atoms with van der Waals surface area (Å²) in [5, 5.41) is 6.92. The maximum Gasteiger partial charge on any atom is 0.191 e. The van der Waals surface area contributed by atoms with Crippen LogP contribution >= 0.6 is 0 Å². The van der Waals surface area contributed by atoms with Gasteiger partial charge in [-0.2, -0.15) is 0 Å². The summed E-state index contributed by atoms with van der Waals surface area (Å²) in [5.74, 6) is 0.644. The van der Waals surface area contributed by atoms with E-state index in [4.69, 9.17) is 14.5 Å². The third kappa shape index (κ3) is 6.40. The molecule has 1 saturated carbocycles. The van der Waals surface area contributed by atoms with Crippen molar-refractivity contribution in [3.63, 3.8) is 0 Å². The van der Waals surface area contributed by atoms with Crippen LogP contribution in [0, 0.1) is 11.2 Å². The van der Waals surface area contributed by atoms with Crippen LogP contribution in [0.1, 0.15) is 44.2 Å². The summed E-state index contributed by atoms with van der Waals surface area (Å²) in [6.07, 6.45) is 4.81. The monoisotopic (exact) mass is 420 g/mol. The van der Waals surface area contributed by atoms with Gasteiger partial charge in [0.05, 0.1) is 19.3 Å². The molecule has 3 rings (SSSR count). The van der Waals surface area contributed by atoms with E-state index in [-0.39, 0.29) is 11.9 Å². The van der Waals surface area contributed by atoms with Gasteiger partial charge in [0.2, 0.25) is 0 Å². The zero-order valence-electron chi connectivity index (χ0n) is 18.5. The second kappa shape index (κ2) is 11.6. The lowest BCUT2D eigenvalue weighted by Gasteiger charge is -2.41. The fourth-order valence-corrected chi connectivity index (χ4v) is 4.30. The van der Waals surface area contributed by atoms with Gasteiger partial charge in [-0.05, 0) is 49.3 Å². The van der Waals surface area contributed by atoms with Gasteiger partial charge in [0.25, 0.3) is 0 Å². The number of hydrogen-bond acceptors (Lipinski definition) is 4. The summed E-state index contributed by atoms with van der Waals surface area (Å²) in [6, 6.07) is 6.99. The number of nitrogens with zero attached hydrogens (tertiary/aromatic N) is 2. The Labute approximate surface area is 180 Å². The molecule has 1 unspecified atom stereocenters. The third-order valence-corrected chi connectivity index (χ3v) is 6.37. The van der Waals surface area contributed by atoms with Gasteiger partial charge in [-0.3, -0.25) is 9.89 Å². The van der Waals surface area contributed by atoms with Crippen molar-refractivity contribution in [1.82, 2.24) is 15.5 Å². The molecular weight excluding hydrogens is 383 g/mol. The molecule has 1 heterocycles. The van der Waals surface area contributed by atoms with Crippen molar-refractivity contribution < 1.29 is 13.9 Å². The maximum atomic E-state index is 13.5. The minimum atomic E-state index is -0.204. The molecule has 0 bridgehead atoms. The topological polar surface area (TPSA) is 58.1 Å². The van der Waals surface area contributed by atoms with Crippen molar-refractivity contribution in [3.8, 4) is 0 Å². The number of benzene rings is 1. The molecule has 1 aromatic rings. The van der Waals surface area contributed by atoms with E-state index in [0.29, 0.717) is 12.0 Å². The van der Waals surface area contributed by atoms with Gasteiger partial charge >= 0.3 is 0 Å². The number of ether oxygens (including phenoxy) is 2. The minimum absolute atomic E-state index is 0.143. The van der Waals surface area contributed by atoms with Crippen LogP contribution < -0.4 is 10.6 Å². The lowest BCUT2D eigenvalue weighted by molar-refractivity contribution is 0.0169. The number of guanidine groups is 1. The van der Waals surface area contributed by atoms with Gasteiger partial charge < -0.3 is 20.1 Å². The highest BCUT2D eigenvalue weighted by molar-refractivity contribution is 5.79. The highest BCUT2D eigenvalue weighted by atomic mass is 19.1. The molecule has 2 N–H and O–H groups in total. The van der Waals surface area contributed by atoms with Crippen LogP contribution in [-0.4, -0.2) is 70.5 Å². The predicted octanol–water partition coefficient (Wildman–Crippen LogP) is 2.96. The van der Waals surface area contributed by atoms with E-state index in [1.807, 2.05) is 12.1 Å². The van der Waals surface area contributed by atoms with Crippen molar-refractivity contribution >= 4 is 5.96 Å². The van der Waals surface area contributed by atoms with Gasteiger partial charge in [0, 0.05) is 46.4 Å². The maximum absolute atomic E-state index is 13.5. The van der Waals surface area contributed by atoms with Gasteiger partial charge in [-0.25, -0.2) is 4.39 Å². The van der Waals surface area contributed by atoms with Crippen molar-refractivity contribution in [1.29, 1.82) is 0 Å². The molecule has 0 spiro atoms. The fourth-order valence-electron chi connectivity index (χ4n) is 4.30. The molecule has 7 heteroatoms. The van der Waals surface area contributed by atoms with Crippen LogP contribution in [0.3, 0.4) is 0 Å².